The van der Waals surface area contributed by atoms with Crippen LogP contribution in [-0.2, 0) is 0 Å². The van der Waals surface area contributed by atoms with Gasteiger partial charge in [-0.05, 0) is 24.3 Å². The van der Waals surface area contributed by atoms with Gasteiger partial charge in [0.15, 0.2) is 10.8 Å². The van der Waals surface area contributed by atoms with Gasteiger partial charge in [-0.25, -0.2) is 0 Å². The molecule has 0 bridgehead atoms. The lowest BCUT2D eigenvalue weighted by molar-refractivity contribution is 0.477. The molecule has 0 radical (unpaired) electrons. The van der Waals surface area contributed by atoms with Gasteiger partial charge in [-0.3, -0.25) is 4.98 Å². The molecule has 0 spiro atoms. The van der Waals surface area contributed by atoms with Crippen LogP contribution in [0.25, 0.3) is 26.9 Å². The van der Waals surface area contributed by atoms with E-state index in [9.17, 15) is 5.11 Å². The van der Waals surface area contributed by atoms with Crippen molar-refractivity contribution in [3.05, 3.63) is 48.8 Å². The van der Waals surface area contributed by atoms with E-state index >= 15 is 0 Å². The lowest BCUT2D eigenvalue weighted by Crippen LogP contribution is -1.91. The molecule has 0 fully saturated rings. The quantitative estimate of drug-likeness (QED) is 0.615. The zero-order valence-corrected chi connectivity index (χ0v) is 11.5. The number of nitrogens with zero attached hydrogens (tertiary/aromatic N) is 5. The number of rotatable bonds is 2. The second-order valence-electron chi connectivity index (χ2n) is 4.38. The fourth-order valence-electron chi connectivity index (χ4n) is 2.06. The first-order valence-corrected chi connectivity index (χ1v) is 7.05. The average Bonchev–Trinajstić information content (AvgIpc) is 3.08. The number of aromatic nitrogens is 5. The lowest BCUT2D eigenvalue weighted by Gasteiger charge is -1.98. The van der Waals surface area contributed by atoms with Gasteiger partial charge in [-0.2, -0.15) is 9.61 Å². The van der Waals surface area contributed by atoms with E-state index in [1.807, 2.05) is 24.3 Å². The molecule has 3 aromatic heterocycles. The molecule has 0 unspecified atom stereocenters. The van der Waals surface area contributed by atoms with Crippen LogP contribution in [0.4, 0.5) is 0 Å². The van der Waals surface area contributed by atoms with Gasteiger partial charge >= 0.3 is 0 Å². The van der Waals surface area contributed by atoms with Crippen LogP contribution in [0.1, 0.15) is 0 Å². The molecule has 1 aromatic carbocycles. The molecule has 1 N–H and O–H groups in total. The highest BCUT2D eigenvalue weighted by Gasteiger charge is 2.15. The third-order valence-corrected chi connectivity index (χ3v) is 3.98. The van der Waals surface area contributed by atoms with Crippen molar-refractivity contribution in [2.24, 2.45) is 0 Å². The van der Waals surface area contributed by atoms with E-state index in [0.29, 0.717) is 21.4 Å². The van der Waals surface area contributed by atoms with Gasteiger partial charge in [-0.15, -0.1) is 10.2 Å². The fourth-order valence-corrected chi connectivity index (χ4v) is 2.93. The van der Waals surface area contributed by atoms with Crippen molar-refractivity contribution in [2.45, 2.75) is 0 Å². The summed E-state index contributed by atoms with van der Waals surface area (Å²) in [7, 11) is 0. The van der Waals surface area contributed by atoms with Gasteiger partial charge < -0.3 is 5.11 Å². The molecule has 0 saturated carbocycles. The van der Waals surface area contributed by atoms with E-state index in [-0.39, 0.29) is 5.75 Å². The normalized spacial score (nSPS) is 11.0. The van der Waals surface area contributed by atoms with E-state index < -0.39 is 0 Å². The highest BCUT2D eigenvalue weighted by Crippen LogP contribution is 2.32. The SMILES string of the molecule is Oc1ccccc1-c1nn2c(-c3cccnc3)nnc2s1. The number of hydrogen-bond donors (Lipinski definition) is 1. The van der Waals surface area contributed by atoms with Crippen LogP contribution in [0.5, 0.6) is 5.75 Å². The van der Waals surface area contributed by atoms with Crippen molar-refractivity contribution >= 4 is 16.3 Å². The third kappa shape index (κ3) is 1.95. The van der Waals surface area contributed by atoms with E-state index in [0.717, 1.165) is 5.56 Å². The number of pyridine rings is 1. The molecule has 102 valence electrons. The number of phenols is 1. The van der Waals surface area contributed by atoms with Crippen LogP contribution in [0, 0.1) is 0 Å². The number of para-hydroxylation sites is 1. The first-order valence-electron chi connectivity index (χ1n) is 6.24. The zero-order valence-electron chi connectivity index (χ0n) is 10.7. The first-order chi connectivity index (χ1) is 10.3. The Morgan fingerprint density at radius 1 is 1.05 bits per heavy atom. The summed E-state index contributed by atoms with van der Waals surface area (Å²) in [5, 5.41) is 23.4. The highest BCUT2D eigenvalue weighted by molar-refractivity contribution is 7.19. The van der Waals surface area contributed by atoms with Gasteiger partial charge in [0.25, 0.3) is 0 Å². The Morgan fingerprint density at radius 3 is 2.76 bits per heavy atom. The molecular weight excluding hydrogens is 286 g/mol. The summed E-state index contributed by atoms with van der Waals surface area (Å²) in [5.41, 5.74) is 1.53. The van der Waals surface area contributed by atoms with Crippen molar-refractivity contribution in [3.63, 3.8) is 0 Å². The van der Waals surface area contributed by atoms with Crippen LogP contribution in [0.15, 0.2) is 48.8 Å². The summed E-state index contributed by atoms with van der Waals surface area (Å²) in [5.74, 6) is 0.835. The van der Waals surface area contributed by atoms with Crippen LogP contribution in [0.3, 0.4) is 0 Å². The molecule has 0 aliphatic rings. The first kappa shape index (κ1) is 12.0. The Bertz CT molecular complexity index is 915. The molecule has 4 rings (SSSR count). The summed E-state index contributed by atoms with van der Waals surface area (Å²) in [6.07, 6.45) is 3.42. The summed E-state index contributed by atoms with van der Waals surface area (Å²) in [6, 6.07) is 10.8. The standard InChI is InChI=1S/C14H9N5OS/c20-11-6-2-1-5-10(11)13-18-19-12(16-17-14(19)21-13)9-4-3-7-15-8-9/h1-8,20H. The maximum Gasteiger partial charge on any atom is 0.235 e. The molecule has 6 nitrogen and oxygen atoms in total. The van der Waals surface area contributed by atoms with E-state index in [1.54, 1.807) is 29.0 Å². The number of hydrogen-bond acceptors (Lipinski definition) is 6. The molecule has 4 aromatic rings. The highest BCUT2D eigenvalue weighted by atomic mass is 32.1. The van der Waals surface area contributed by atoms with Crippen LogP contribution in [0.2, 0.25) is 0 Å². The largest absolute Gasteiger partial charge is 0.507 e. The lowest BCUT2D eigenvalue weighted by atomic mass is 10.2. The summed E-state index contributed by atoms with van der Waals surface area (Å²) in [4.78, 5) is 4.75. The maximum absolute atomic E-state index is 9.92. The second-order valence-corrected chi connectivity index (χ2v) is 5.34. The number of benzene rings is 1. The molecule has 7 heteroatoms. The molecule has 0 saturated heterocycles. The molecular formula is C14H9N5OS. The van der Waals surface area contributed by atoms with Gasteiger partial charge in [0.2, 0.25) is 4.96 Å². The topological polar surface area (TPSA) is 76.2 Å². The summed E-state index contributed by atoms with van der Waals surface area (Å²) >= 11 is 1.38. The van der Waals surface area contributed by atoms with Gasteiger partial charge in [-0.1, -0.05) is 23.5 Å². The fraction of sp³-hybridized carbons (Fsp3) is 0. The third-order valence-electron chi connectivity index (χ3n) is 3.05. The number of aromatic hydroxyl groups is 1. The van der Waals surface area contributed by atoms with Gasteiger partial charge in [0, 0.05) is 18.0 Å². The zero-order chi connectivity index (χ0) is 14.2. The van der Waals surface area contributed by atoms with Gasteiger partial charge in [0.05, 0.1) is 5.56 Å². The van der Waals surface area contributed by atoms with E-state index in [2.05, 4.69) is 20.3 Å². The van der Waals surface area contributed by atoms with Crippen LogP contribution >= 0.6 is 11.3 Å². The molecule has 3 heterocycles. The maximum atomic E-state index is 9.92. The molecule has 0 aliphatic carbocycles. The average molecular weight is 295 g/mol. The molecule has 0 atom stereocenters. The van der Waals surface area contributed by atoms with Crippen molar-refractivity contribution in [2.75, 3.05) is 0 Å². The molecule has 0 amide bonds. The van der Waals surface area contributed by atoms with Crippen LogP contribution < -0.4 is 0 Å². The Labute approximate surface area is 123 Å². The Morgan fingerprint density at radius 2 is 1.95 bits per heavy atom. The van der Waals surface area contributed by atoms with E-state index in [4.69, 9.17) is 0 Å². The predicted molar refractivity (Wildman–Crippen MR) is 79.0 cm³/mol. The summed E-state index contributed by atoms with van der Waals surface area (Å²) < 4.78 is 1.67. The second kappa shape index (κ2) is 4.64. The minimum atomic E-state index is 0.199. The predicted octanol–water partition coefficient (Wildman–Crippen LogP) is 2.62. The summed E-state index contributed by atoms with van der Waals surface area (Å²) in [6.45, 7) is 0. The van der Waals surface area contributed by atoms with E-state index in [1.165, 1.54) is 11.3 Å². The Balaban J connectivity index is 1.89. The number of phenolic OH excluding ortho intramolecular Hbond substituents is 1. The van der Waals surface area contributed by atoms with Gasteiger partial charge in [0.1, 0.15) is 5.75 Å². The van der Waals surface area contributed by atoms with Crippen molar-refractivity contribution < 1.29 is 5.11 Å². The monoisotopic (exact) mass is 295 g/mol. The number of fused-ring (bicyclic) bond motifs is 1. The molecule has 21 heavy (non-hydrogen) atoms. The van der Waals surface area contributed by atoms with Crippen molar-refractivity contribution in [1.29, 1.82) is 0 Å². The Kier molecular flexibility index (Phi) is 2.65. The van der Waals surface area contributed by atoms with Crippen molar-refractivity contribution in [3.8, 4) is 27.7 Å². The van der Waals surface area contributed by atoms with Crippen molar-refractivity contribution in [1.82, 2.24) is 24.8 Å². The van der Waals surface area contributed by atoms with Crippen LogP contribution in [-0.4, -0.2) is 29.9 Å². The smallest absolute Gasteiger partial charge is 0.235 e. The molecule has 0 aliphatic heterocycles. The Hall–Kier alpha value is -2.80. The minimum Gasteiger partial charge on any atom is -0.507 e. The minimum absolute atomic E-state index is 0.199.